The van der Waals surface area contributed by atoms with E-state index in [-0.39, 0.29) is 12.0 Å². The van der Waals surface area contributed by atoms with Gasteiger partial charge in [0.25, 0.3) is 5.91 Å². The van der Waals surface area contributed by atoms with Gasteiger partial charge in [0.2, 0.25) is 0 Å². The second kappa shape index (κ2) is 6.28. The van der Waals surface area contributed by atoms with E-state index < -0.39 is 0 Å². The first kappa shape index (κ1) is 14.4. The number of carbonyl (C=O) groups is 1. The predicted molar refractivity (Wildman–Crippen MR) is 73.9 cm³/mol. The van der Waals surface area contributed by atoms with Gasteiger partial charge in [-0.2, -0.15) is 0 Å². The molecule has 4 nitrogen and oxygen atoms in total. The maximum atomic E-state index is 12.0. The molecule has 0 aliphatic rings. The first-order chi connectivity index (χ1) is 8.45. The van der Waals surface area contributed by atoms with Crippen molar-refractivity contribution in [1.82, 2.24) is 4.90 Å². The zero-order valence-corrected chi connectivity index (χ0v) is 11.6. The molecule has 1 unspecified atom stereocenters. The monoisotopic (exact) mass is 250 g/mol. The lowest BCUT2D eigenvalue weighted by molar-refractivity contribution is 0.0820. The number of benzene rings is 1. The third kappa shape index (κ3) is 3.65. The van der Waals surface area contributed by atoms with Crippen LogP contribution in [0.5, 0.6) is 5.75 Å². The SMILES string of the molecule is CCCC(C)Oc1cc(N)ccc1C(=O)N(C)C. The minimum Gasteiger partial charge on any atom is -0.490 e. The molecule has 1 aromatic rings. The van der Waals surface area contributed by atoms with Crippen LogP contribution in [-0.2, 0) is 0 Å². The number of hydrogen-bond donors (Lipinski definition) is 1. The maximum absolute atomic E-state index is 12.0. The molecule has 0 aliphatic heterocycles. The summed E-state index contributed by atoms with van der Waals surface area (Å²) in [6, 6.07) is 5.14. The van der Waals surface area contributed by atoms with Crippen molar-refractivity contribution in [2.75, 3.05) is 19.8 Å². The van der Waals surface area contributed by atoms with Crippen LogP contribution >= 0.6 is 0 Å². The first-order valence-electron chi connectivity index (χ1n) is 6.23. The fourth-order valence-electron chi connectivity index (χ4n) is 1.74. The van der Waals surface area contributed by atoms with Crippen LogP contribution < -0.4 is 10.5 Å². The Kier molecular flexibility index (Phi) is 5.01. The summed E-state index contributed by atoms with van der Waals surface area (Å²) in [5.74, 6) is 0.489. The van der Waals surface area contributed by atoms with Gasteiger partial charge in [0.05, 0.1) is 11.7 Å². The summed E-state index contributed by atoms with van der Waals surface area (Å²) >= 11 is 0. The van der Waals surface area contributed by atoms with Gasteiger partial charge in [0, 0.05) is 25.8 Å². The smallest absolute Gasteiger partial charge is 0.257 e. The minimum atomic E-state index is -0.0753. The molecule has 0 aromatic heterocycles. The lowest BCUT2D eigenvalue weighted by Gasteiger charge is -2.19. The van der Waals surface area contributed by atoms with Crippen molar-refractivity contribution in [3.8, 4) is 5.75 Å². The average molecular weight is 250 g/mol. The first-order valence-corrected chi connectivity index (χ1v) is 6.23. The number of rotatable bonds is 5. The van der Waals surface area contributed by atoms with E-state index >= 15 is 0 Å². The van der Waals surface area contributed by atoms with E-state index in [0.717, 1.165) is 12.8 Å². The highest BCUT2D eigenvalue weighted by Gasteiger charge is 2.16. The Labute approximate surface area is 109 Å². The Hall–Kier alpha value is -1.71. The summed E-state index contributed by atoms with van der Waals surface area (Å²) in [4.78, 5) is 13.6. The lowest BCUT2D eigenvalue weighted by atomic mass is 10.1. The van der Waals surface area contributed by atoms with Gasteiger partial charge in [0.1, 0.15) is 5.75 Å². The van der Waals surface area contributed by atoms with Gasteiger partial charge in [-0.05, 0) is 25.5 Å². The van der Waals surface area contributed by atoms with Gasteiger partial charge >= 0.3 is 0 Å². The van der Waals surface area contributed by atoms with Crippen LogP contribution in [0, 0.1) is 0 Å². The maximum Gasteiger partial charge on any atom is 0.257 e. The van der Waals surface area contributed by atoms with E-state index in [1.807, 2.05) is 6.92 Å². The molecule has 2 N–H and O–H groups in total. The average Bonchev–Trinajstić information content (AvgIpc) is 2.28. The van der Waals surface area contributed by atoms with Crippen LogP contribution in [0.4, 0.5) is 5.69 Å². The summed E-state index contributed by atoms with van der Waals surface area (Å²) in [5.41, 5.74) is 6.90. The molecule has 0 aliphatic carbocycles. The Morgan fingerprint density at radius 3 is 2.67 bits per heavy atom. The Balaban J connectivity index is 3.00. The fourth-order valence-corrected chi connectivity index (χ4v) is 1.74. The summed E-state index contributed by atoms with van der Waals surface area (Å²) in [5, 5.41) is 0. The number of carbonyl (C=O) groups excluding carboxylic acids is 1. The molecule has 0 bridgehead atoms. The number of hydrogen-bond acceptors (Lipinski definition) is 3. The van der Waals surface area contributed by atoms with Crippen LogP contribution in [0.25, 0.3) is 0 Å². The van der Waals surface area contributed by atoms with Crippen molar-refractivity contribution in [2.24, 2.45) is 0 Å². The Morgan fingerprint density at radius 1 is 1.44 bits per heavy atom. The molecule has 1 rings (SSSR count). The summed E-state index contributed by atoms with van der Waals surface area (Å²) in [7, 11) is 3.44. The van der Waals surface area contributed by atoms with E-state index in [0.29, 0.717) is 17.0 Å². The van der Waals surface area contributed by atoms with E-state index in [9.17, 15) is 4.79 Å². The fraction of sp³-hybridized carbons (Fsp3) is 0.500. The van der Waals surface area contributed by atoms with Crippen molar-refractivity contribution in [3.63, 3.8) is 0 Å². The minimum absolute atomic E-state index is 0.0745. The molecular weight excluding hydrogens is 228 g/mol. The molecule has 1 amide bonds. The number of amides is 1. The number of ether oxygens (including phenoxy) is 1. The second-order valence-corrected chi connectivity index (χ2v) is 4.67. The molecule has 1 atom stereocenters. The topological polar surface area (TPSA) is 55.6 Å². The van der Waals surface area contributed by atoms with Gasteiger partial charge < -0.3 is 15.4 Å². The number of nitrogen functional groups attached to an aromatic ring is 1. The van der Waals surface area contributed by atoms with Gasteiger partial charge in [0.15, 0.2) is 0 Å². The largest absolute Gasteiger partial charge is 0.490 e. The molecule has 0 fully saturated rings. The van der Waals surface area contributed by atoms with Crippen molar-refractivity contribution in [1.29, 1.82) is 0 Å². The highest BCUT2D eigenvalue weighted by molar-refractivity contribution is 5.97. The summed E-state index contributed by atoms with van der Waals surface area (Å²) in [6.45, 7) is 4.10. The zero-order chi connectivity index (χ0) is 13.7. The highest BCUT2D eigenvalue weighted by Crippen LogP contribution is 2.24. The van der Waals surface area contributed by atoms with E-state index in [1.165, 1.54) is 4.90 Å². The number of anilines is 1. The molecule has 0 saturated heterocycles. The van der Waals surface area contributed by atoms with Crippen molar-refractivity contribution in [2.45, 2.75) is 32.8 Å². The molecule has 0 heterocycles. The number of nitrogens with two attached hydrogens (primary N) is 1. The Morgan fingerprint density at radius 2 is 2.11 bits per heavy atom. The van der Waals surface area contributed by atoms with Gasteiger partial charge in [-0.3, -0.25) is 4.79 Å². The molecule has 0 saturated carbocycles. The van der Waals surface area contributed by atoms with Crippen molar-refractivity contribution < 1.29 is 9.53 Å². The number of nitrogens with zero attached hydrogens (tertiary/aromatic N) is 1. The van der Waals surface area contributed by atoms with Gasteiger partial charge in [-0.15, -0.1) is 0 Å². The van der Waals surface area contributed by atoms with Crippen LogP contribution in [0.2, 0.25) is 0 Å². The third-order valence-corrected chi connectivity index (χ3v) is 2.67. The standard InChI is InChI=1S/C14H22N2O2/c1-5-6-10(2)18-13-9-11(15)7-8-12(13)14(17)16(3)4/h7-10H,5-6,15H2,1-4H3. The molecule has 100 valence electrons. The van der Waals surface area contributed by atoms with Crippen LogP contribution in [0.1, 0.15) is 37.0 Å². The molecule has 0 spiro atoms. The molecule has 1 aromatic carbocycles. The van der Waals surface area contributed by atoms with Gasteiger partial charge in [-0.1, -0.05) is 13.3 Å². The van der Waals surface area contributed by atoms with Gasteiger partial charge in [-0.25, -0.2) is 0 Å². The van der Waals surface area contributed by atoms with Crippen LogP contribution in [0.3, 0.4) is 0 Å². The molecule has 0 radical (unpaired) electrons. The van der Waals surface area contributed by atoms with Crippen molar-refractivity contribution in [3.05, 3.63) is 23.8 Å². The highest BCUT2D eigenvalue weighted by atomic mass is 16.5. The van der Waals surface area contributed by atoms with E-state index in [2.05, 4.69) is 6.92 Å². The second-order valence-electron chi connectivity index (χ2n) is 4.67. The molecular formula is C14H22N2O2. The molecule has 18 heavy (non-hydrogen) atoms. The van der Waals surface area contributed by atoms with Crippen molar-refractivity contribution >= 4 is 11.6 Å². The van der Waals surface area contributed by atoms with Crippen LogP contribution in [-0.4, -0.2) is 31.0 Å². The predicted octanol–water partition coefficient (Wildman–Crippen LogP) is 2.54. The Bertz CT molecular complexity index is 416. The summed E-state index contributed by atoms with van der Waals surface area (Å²) in [6.07, 6.45) is 2.07. The van der Waals surface area contributed by atoms with E-state index in [1.54, 1.807) is 32.3 Å². The lowest BCUT2D eigenvalue weighted by Crippen LogP contribution is -2.23. The van der Waals surface area contributed by atoms with E-state index in [4.69, 9.17) is 10.5 Å². The normalized spacial score (nSPS) is 12.0. The zero-order valence-electron chi connectivity index (χ0n) is 11.6. The van der Waals surface area contributed by atoms with Crippen LogP contribution in [0.15, 0.2) is 18.2 Å². The molecule has 4 heteroatoms. The summed E-state index contributed by atoms with van der Waals surface area (Å²) < 4.78 is 5.81. The third-order valence-electron chi connectivity index (χ3n) is 2.67. The quantitative estimate of drug-likeness (QED) is 0.817.